The number of aryl methyl sites for hydroxylation is 1. The van der Waals surface area contributed by atoms with E-state index >= 15 is 0 Å². The van der Waals surface area contributed by atoms with Gasteiger partial charge in [0.1, 0.15) is 40.5 Å². The first-order valence-corrected chi connectivity index (χ1v) is 27.2. The monoisotopic (exact) mass is 1060 g/mol. The number of halogens is 1. The van der Waals surface area contributed by atoms with Gasteiger partial charge in [0.05, 0.1) is 35.2 Å². The van der Waals surface area contributed by atoms with Crippen LogP contribution in [-0.4, -0.2) is 120 Å². The van der Waals surface area contributed by atoms with E-state index in [1.807, 2.05) is 71.9 Å². The molecule has 4 aromatic carbocycles. The second-order valence-corrected chi connectivity index (χ2v) is 21.6. The summed E-state index contributed by atoms with van der Waals surface area (Å²) in [5.41, 5.74) is 18.0. The van der Waals surface area contributed by atoms with E-state index in [9.17, 15) is 18.9 Å². The Kier molecular flexibility index (Phi) is 18.4. The predicted molar refractivity (Wildman–Crippen MR) is 295 cm³/mol. The van der Waals surface area contributed by atoms with E-state index < -0.39 is 28.8 Å². The predicted octanol–water partition coefficient (Wildman–Crippen LogP) is 7.38. The number of hydrogen-bond donors (Lipinski definition) is 4. The zero-order valence-corrected chi connectivity index (χ0v) is 44.7. The Hall–Kier alpha value is -6.62. The summed E-state index contributed by atoms with van der Waals surface area (Å²) < 4.78 is 33.8. The second-order valence-electron chi connectivity index (χ2n) is 19.7. The first-order valence-electron chi connectivity index (χ1n) is 25.7. The third-order valence-corrected chi connectivity index (χ3v) is 16.4. The number of hydrazine groups is 1. The molecule has 75 heavy (non-hydrogen) atoms. The summed E-state index contributed by atoms with van der Waals surface area (Å²) in [6.07, 6.45) is 13.8. The van der Waals surface area contributed by atoms with E-state index in [1.54, 1.807) is 25.2 Å². The van der Waals surface area contributed by atoms with Gasteiger partial charge in [-0.25, -0.2) is 14.4 Å². The first kappa shape index (κ1) is 54.6. The number of ether oxygens (including phenoxy) is 3. The molecule has 0 bridgehead atoms. The second kappa shape index (κ2) is 25.3. The van der Waals surface area contributed by atoms with Gasteiger partial charge in [-0.15, -0.1) is 16.6 Å². The van der Waals surface area contributed by atoms with E-state index in [0.717, 1.165) is 111 Å². The number of nitrogens with zero attached hydrogens (tertiary/aromatic N) is 7. The van der Waals surface area contributed by atoms with Crippen molar-refractivity contribution in [3.05, 3.63) is 117 Å². The minimum Gasteiger partial charge on any atom is -0.494 e. The Morgan fingerprint density at radius 1 is 0.920 bits per heavy atom. The van der Waals surface area contributed by atoms with Gasteiger partial charge in [-0.2, -0.15) is 0 Å². The fraction of sp³-hybridized carbons (Fsp3) is 0.429. The van der Waals surface area contributed by atoms with Crippen LogP contribution in [0.15, 0.2) is 83.8 Å². The maximum absolute atomic E-state index is 14.2. The van der Waals surface area contributed by atoms with Crippen molar-refractivity contribution in [1.82, 2.24) is 19.4 Å². The molecule has 5 aromatic rings. The molecule has 4 heterocycles. The SMILES string of the molecule is C#Cc1ccc(OC2CCCCC2)cc1Cl.COc1cc(C(CC(=O)O)c2ccc(C)c(CN3CCOc4cc(N5CCN(CC6CCN(c7ccc(C(N)=O)nn7)CC6)CC5)ccc4S3=O)c2)cc(N)c1N(C)N. The Balaban J connectivity index is 0.000000396. The molecule has 1 amide bonds. The van der Waals surface area contributed by atoms with Crippen LogP contribution in [0.3, 0.4) is 0 Å². The van der Waals surface area contributed by atoms with Crippen LogP contribution in [0.2, 0.25) is 5.02 Å². The van der Waals surface area contributed by atoms with Crippen molar-refractivity contribution in [2.75, 3.05) is 93.7 Å². The molecular weight excluding hydrogens is 992 g/mol. The molecule has 0 spiro atoms. The van der Waals surface area contributed by atoms with Gasteiger partial charge < -0.3 is 45.6 Å². The lowest BCUT2D eigenvalue weighted by Crippen LogP contribution is -2.49. The molecule has 2 atom stereocenters. The number of piperidine rings is 1. The molecule has 4 aliphatic rings. The number of rotatable bonds is 15. The summed E-state index contributed by atoms with van der Waals surface area (Å²) in [7, 11) is 1.70. The van der Waals surface area contributed by atoms with E-state index in [4.69, 9.17) is 49.5 Å². The molecule has 17 nitrogen and oxygen atoms in total. The number of carbonyl (C=O) groups excluding carboxylic acids is 1. The minimum absolute atomic E-state index is 0.161. The number of benzene rings is 4. The van der Waals surface area contributed by atoms with Gasteiger partial charge in [-0.1, -0.05) is 42.1 Å². The largest absolute Gasteiger partial charge is 0.494 e. The van der Waals surface area contributed by atoms with Gasteiger partial charge >= 0.3 is 5.97 Å². The number of fused-ring (bicyclic) bond motifs is 1. The molecule has 2 unspecified atom stereocenters. The molecule has 1 aliphatic carbocycles. The van der Waals surface area contributed by atoms with E-state index in [2.05, 4.69) is 30.8 Å². The highest BCUT2D eigenvalue weighted by molar-refractivity contribution is 7.82. The lowest BCUT2D eigenvalue weighted by atomic mass is 9.86. The highest BCUT2D eigenvalue weighted by atomic mass is 35.5. The maximum atomic E-state index is 14.2. The number of aliphatic carboxylic acids is 1. The number of piperazine rings is 1. The van der Waals surface area contributed by atoms with Crippen LogP contribution >= 0.6 is 11.6 Å². The van der Waals surface area contributed by atoms with E-state index in [-0.39, 0.29) is 12.1 Å². The van der Waals surface area contributed by atoms with Gasteiger partial charge in [0.15, 0.2) is 11.5 Å². The summed E-state index contributed by atoms with van der Waals surface area (Å²) in [4.78, 5) is 31.3. The van der Waals surface area contributed by atoms with Crippen LogP contribution in [-0.2, 0) is 22.3 Å². The van der Waals surface area contributed by atoms with Gasteiger partial charge in [0.2, 0.25) is 0 Å². The molecular formula is C56H69ClN10O7S. The van der Waals surface area contributed by atoms with Gasteiger partial charge in [0.25, 0.3) is 5.91 Å². The molecule has 398 valence electrons. The van der Waals surface area contributed by atoms with Gasteiger partial charge in [-0.3, -0.25) is 14.5 Å². The first-order chi connectivity index (χ1) is 36.2. The number of terminal acetylenes is 1. The third-order valence-electron chi connectivity index (χ3n) is 14.6. The van der Waals surface area contributed by atoms with Crippen molar-refractivity contribution >= 4 is 57.3 Å². The van der Waals surface area contributed by atoms with Crippen molar-refractivity contribution < 1.29 is 33.1 Å². The van der Waals surface area contributed by atoms with Crippen LogP contribution in [0, 0.1) is 25.2 Å². The molecule has 3 aliphatic heterocycles. The normalized spacial score (nSPS) is 18.1. The quantitative estimate of drug-likeness (QED) is 0.0348. The Morgan fingerprint density at radius 3 is 2.33 bits per heavy atom. The minimum atomic E-state index is -1.49. The maximum Gasteiger partial charge on any atom is 0.304 e. The van der Waals surface area contributed by atoms with Crippen molar-refractivity contribution in [1.29, 1.82) is 0 Å². The zero-order valence-electron chi connectivity index (χ0n) is 43.1. The number of primary amides is 1. The van der Waals surface area contributed by atoms with Crippen LogP contribution in [0.4, 0.5) is 22.9 Å². The molecule has 2 saturated heterocycles. The number of aromatic nitrogens is 2. The fourth-order valence-electron chi connectivity index (χ4n) is 10.4. The lowest BCUT2D eigenvalue weighted by Gasteiger charge is -2.39. The number of nitrogen functional groups attached to an aromatic ring is 1. The van der Waals surface area contributed by atoms with E-state index in [0.29, 0.717) is 70.1 Å². The smallest absolute Gasteiger partial charge is 0.304 e. The summed E-state index contributed by atoms with van der Waals surface area (Å²) in [6, 6.07) is 24.4. The van der Waals surface area contributed by atoms with Crippen molar-refractivity contribution in [2.45, 2.75) is 81.8 Å². The number of anilines is 4. The molecule has 0 radical (unpaired) electrons. The van der Waals surface area contributed by atoms with Crippen molar-refractivity contribution in [3.8, 4) is 29.6 Å². The molecule has 1 saturated carbocycles. The summed E-state index contributed by atoms with van der Waals surface area (Å²) in [5, 5.41) is 20.1. The summed E-state index contributed by atoms with van der Waals surface area (Å²) >= 11 is 6.02. The average molecular weight is 1060 g/mol. The molecule has 9 rings (SSSR count). The number of carboxylic acids is 1. The van der Waals surface area contributed by atoms with Gasteiger partial charge in [-0.05, 0) is 122 Å². The number of carbonyl (C=O) groups is 2. The molecule has 3 fully saturated rings. The standard InChI is InChI=1S/C42H54N10O6S.C14H15ClO/c1-27-4-5-29(33(24-40(53)54)30-21-34(43)41(48(2)45)37(22-30)57-3)20-31(27)26-52-18-19-58-36-23-32(6-8-38(36)59(52)56)50-16-14-49(15-17-50)25-28-10-12-51(13-11-28)39-9-7-35(42(44)55)46-47-39;1-2-11-8-9-13(10-14(11)15)16-12-6-4-3-5-7-12/h4-9,20-23,28,33H,10-19,24-26,43,45H2,1-3H3,(H2,44,55)(H,53,54);1,8-10,12H,3-7H2. The average Bonchev–Trinajstić information content (AvgIpc) is 3.56. The molecule has 19 heteroatoms. The highest BCUT2D eigenvalue weighted by Crippen LogP contribution is 2.40. The third kappa shape index (κ3) is 13.8. The van der Waals surface area contributed by atoms with Crippen LogP contribution in [0.25, 0.3) is 0 Å². The van der Waals surface area contributed by atoms with Gasteiger partial charge in [0, 0.05) is 95.3 Å². The Labute approximate surface area is 447 Å². The van der Waals surface area contributed by atoms with Crippen molar-refractivity contribution in [2.24, 2.45) is 17.5 Å². The number of nitrogens with two attached hydrogens (primary N) is 3. The summed E-state index contributed by atoms with van der Waals surface area (Å²) in [6.45, 7) is 9.77. The number of hydrogen-bond acceptors (Lipinski definition) is 14. The number of amides is 1. The molecule has 7 N–H and O–H groups in total. The van der Waals surface area contributed by atoms with Crippen LogP contribution in [0.1, 0.15) is 95.6 Å². The van der Waals surface area contributed by atoms with E-state index in [1.165, 1.54) is 31.4 Å². The number of carboxylic acid groups (broad SMARTS) is 1. The van der Waals surface area contributed by atoms with Crippen LogP contribution in [0.5, 0.6) is 17.2 Å². The zero-order chi connectivity index (χ0) is 53.2. The molecule has 1 aromatic heterocycles. The topological polar surface area (TPSA) is 219 Å². The van der Waals surface area contributed by atoms with Crippen molar-refractivity contribution in [3.63, 3.8) is 0 Å². The van der Waals surface area contributed by atoms with Crippen LogP contribution < -0.4 is 46.3 Å². The Morgan fingerprint density at radius 2 is 1.68 bits per heavy atom. The number of methoxy groups -OCH3 is 1. The lowest BCUT2D eigenvalue weighted by molar-refractivity contribution is -0.137. The highest BCUT2D eigenvalue weighted by Gasteiger charge is 2.29. The Bertz CT molecular complexity index is 2860. The summed E-state index contributed by atoms with van der Waals surface area (Å²) in [5.74, 6) is 9.80. The fourth-order valence-corrected chi connectivity index (χ4v) is 11.9.